The van der Waals surface area contributed by atoms with Gasteiger partial charge in [-0.1, -0.05) is 17.7 Å². The Hall–Kier alpha value is -3.16. The zero-order valence-corrected chi connectivity index (χ0v) is 14.6. The van der Waals surface area contributed by atoms with E-state index in [1.165, 1.54) is 0 Å². The number of ether oxygens (including phenoxy) is 1. The molecule has 0 radical (unpaired) electrons. The lowest BCUT2D eigenvalue weighted by Crippen LogP contribution is -2.19. The van der Waals surface area contributed by atoms with Gasteiger partial charge in [0.25, 0.3) is 5.92 Å². The number of imidazole rings is 1. The molecule has 0 fully saturated rings. The predicted molar refractivity (Wildman–Crippen MR) is 91.6 cm³/mol. The maximum Gasteiger partial charge on any atom is 0.271 e. The molecule has 0 amide bonds. The third-order valence-corrected chi connectivity index (χ3v) is 3.87. The highest BCUT2D eigenvalue weighted by Gasteiger charge is 2.31. The SMILES string of the molecule is Cc1ccc(Oc2cc(C(C)(F)F)c(C(=O)Cn3cncc3F)cn2)cc1. The Morgan fingerprint density at radius 1 is 1.22 bits per heavy atom. The summed E-state index contributed by atoms with van der Waals surface area (Å²) >= 11 is 0. The first-order valence-corrected chi connectivity index (χ1v) is 8.06. The van der Waals surface area contributed by atoms with E-state index in [0.717, 1.165) is 34.9 Å². The Bertz CT molecular complexity index is 963. The van der Waals surface area contributed by atoms with Crippen LogP contribution in [0.3, 0.4) is 0 Å². The molecule has 1 aromatic carbocycles. The molecular weight excluding hydrogens is 359 g/mol. The van der Waals surface area contributed by atoms with Gasteiger partial charge in [-0.25, -0.2) is 18.7 Å². The maximum atomic E-state index is 14.1. The van der Waals surface area contributed by atoms with Crippen molar-refractivity contribution in [3.63, 3.8) is 0 Å². The van der Waals surface area contributed by atoms with E-state index < -0.39 is 29.8 Å². The summed E-state index contributed by atoms with van der Waals surface area (Å²) < 4.78 is 48.0. The van der Waals surface area contributed by atoms with Gasteiger partial charge in [0.2, 0.25) is 11.8 Å². The summed E-state index contributed by atoms with van der Waals surface area (Å²) in [6, 6.07) is 8.01. The van der Waals surface area contributed by atoms with Crippen LogP contribution in [-0.4, -0.2) is 20.3 Å². The molecule has 27 heavy (non-hydrogen) atoms. The van der Waals surface area contributed by atoms with Gasteiger partial charge < -0.3 is 4.74 Å². The Labute approximate surface area is 153 Å². The van der Waals surface area contributed by atoms with E-state index in [0.29, 0.717) is 12.7 Å². The van der Waals surface area contributed by atoms with Crippen LogP contribution in [0.25, 0.3) is 0 Å². The highest BCUT2D eigenvalue weighted by molar-refractivity contribution is 5.97. The van der Waals surface area contributed by atoms with Crippen LogP contribution < -0.4 is 4.74 Å². The van der Waals surface area contributed by atoms with Crippen LogP contribution in [-0.2, 0) is 12.5 Å². The number of rotatable bonds is 6. The first kappa shape index (κ1) is 18.6. The highest BCUT2D eigenvalue weighted by Crippen LogP contribution is 2.33. The average molecular weight is 375 g/mol. The van der Waals surface area contributed by atoms with E-state index in [1.54, 1.807) is 12.1 Å². The molecule has 0 aliphatic carbocycles. The van der Waals surface area contributed by atoms with Crippen LogP contribution >= 0.6 is 0 Å². The van der Waals surface area contributed by atoms with Crippen molar-refractivity contribution < 1.29 is 22.7 Å². The molecule has 0 spiro atoms. The molecule has 0 atom stereocenters. The van der Waals surface area contributed by atoms with Crippen molar-refractivity contribution in [1.82, 2.24) is 14.5 Å². The summed E-state index contributed by atoms with van der Waals surface area (Å²) in [4.78, 5) is 19.9. The van der Waals surface area contributed by atoms with Crippen molar-refractivity contribution in [3.8, 4) is 11.6 Å². The number of hydrogen-bond donors (Lipinski definition) is 0. The zero-order valence-electron chi connectivity index (χ0n) is 14.6. The molecule has 5 nitrogen and oxygen atoms in total. The molecule has 140 valence electrons. The Morgan fingerprint density at radius 3 is 2.52 bits per heavy atom. The molecule has 2 aromatic heterocycles. The number of aromatic nitrogens is 3. The summed E-state index contributed by atoms with van der Waals surface area (Å²) in [5.41, 5.74) is 0.181. The number of alkyl halides is 2. The van der Waals surface area contributed by atoms with Gasteiger partial charge in [-0.2, -0.15) is 4.39 Å². The summed E-state index contributed by atoms with van der Waals surface area (Å²) in [5.74, 6) is -4.40. The molecule has 0 N–H and O–H groups in total. The number of pyridine rings is 1. The van der Waals surface area contributed by atoms with Gasteiger partial charge in [0.1, 0.15) is 5.75 Å². The molecule has 0 saturated carbocycles. The second kappa shape index (κ2) is 7.22. The van der Waals surface area contributed by atoms with Gasteiger partial charge in [-0.15, -0.1) is 0 Å². The van der Waals surface area contributed by atoms with Crippen LogP contribution in [0.4, 0.5) is 13.2 Å². The van der Waals surface area contributed by atoms with Crippen LogP contribution in [0, 0.1) is 12.9 Å². The monoisotopic (exact) mass is 375 g/mol. The number of Topliss-reactive ketones (excluding diaryl/α,β-unsaturated/α-hetero) is 1. The van der Waals surface area contributed by atoms with Crippen LogP contribution in [0.2, 0.25) is 0 Å². The van der Waals surface area contributed by atoms with Crippen molar-refractivity contribution >= 4 is 5.78 Å². The quantitative estimate of drug-likeness (QED) is 0.595. The normalized spacial score (nSPS) is 11.4. The van der Waals surface area contributed by atoms with Crippen LogP contribution in [0.15, 0.2) is 49.1 Å². The highest BCUT2D eigenvalue weighted by atomic mass is 19.3. The van der Waals surface area contributed by atoms with E-state index in [-0.39, 0.29) is 11.4 Å². The molecule has 0 aliphatic heterocycles. The number of hydrogen-bond acceptors (Lipinski definition) is 4. The fourth-order valence-electron chi connectivity index (χ4n) is 2.47. The summed E-state index contributed by atoms with van der Waals surface area (Å²) in [6.07, 6.45) is 3.06. The number of nitrogens with zero attached hydrogens (tertiary/aromatic N) is 3. The topological polar surface area (TPSA) is 57.0 Å². The largest absolute Gasteiger partial charge is 0.439 e. The number of benzene rings is 1. The minimum absolute atomic E-state index is 0.0688. The molecular formula is C19H16F3N3O2. The standard InChI is InChI=1S/C19H16F3N3O2/c1-12-3-5-13(6-4-12)27-18-7-15(19(2,21)22)14(8-24-18)16(26)10-25-11-23-9-17(25)20/h3-9,11H,10H2,1-2H3. The summed E-state index contributed by atoms with van der Waals surface area (Å²) in [5, 5.41) is 0. The maximum absolute atomic E-state index is 14.1. The van der Waals surface area contributed by atoms with Gasteiger partial charge in [-0.3, -0.25) is 9.36 Å². The number of halogens is 3. The third-order valence-electron chi connectivity index (χ3n) is 3.87. The van der Waals surface area contributed by atoms with Crippen molar-refractivity contribution in [1.29, 1.82) is 0 Å². The summed E-state index contributed by atoms with van der Waals surface area (Å²) in [7, 11) is 0. The lowest BCUT2D eigenvalue weighted by Gasteiger charge is -2.16. The Balaban J connectivity index is 1.91. The first-order chi connectivity index (χ1) is 12.7. The van der Waals surface area contributed by atoms with Crippen LogP contribution in [0.1, 0.15) is 28.4 Å². The minimum atomic E-state index is -3.31. The number of carbonyl (C=O) groups is 1. The number of aryl methyl sites for hydroxylation is 1. The van der Waals surface area contributed by atoms with E-state index in [4.69, 9.17) is 4.74 Å². The molecule has 3 rings (SSSR count). The molecule has 0 unspecified atom stereocenters. The van der Waals surface area contributed by atoms with E-state index in [2.05, 4.69) is 9.97 Å². The van der Waals surface area contributed by atoms with Crippen LogP contribution in [0.5, 0.6) is 11.6 Å². The number of carbonyl (C=O) groups excluding carboxylic acids is 1. The zero-order chi connectivity index (χ0) is 19.6. The Morgan fingerprint density at radius 2 is 1.93 bits per heavy atom. The molecule has 2 heterocycles. The molecule has 8 heteroatoms. The molecule has 0 bridgehead atoms. The van der Waals surface area contributed by atoms with Gasteiger partial charge >= 0.3 is 0 Å². The van der Waals surface area contributed by atoms with Gasteiger partial charge in [0.05, 0.1) is 19.1 Å². The van der Waals surface area contributed by atoms with Crippen molar-refractivity contribution in [2.45, 2.75) is 26.3 Å². The van der Waals surface area contributed by atoms with Crippen molar-refractivity contribution in [3.05, 3.63) is 71.7 Å². The number of ketones is 1. The lowest BCUT2D eigenvalue weighted by atomic mass is 10.0. The smallest absolute Gasteiger partial charge is 0.271 e. The fourth-order valence-corrected chi connectivity index (χ4v) is 2.47. The lowest BCUT2D eigenvalue weighted by molar-refractivity contribution is 0.0161. The molecule has 0 aliphatic rings. The molecule has 3 aromatic rings. The summed E-state index contributed by atoms with van der Waals surface area (Å²) in [6.45, 7) is 2.11. The van der Waals surface area contributed by atoms with E-state index in [1.807, 2.05) is 19.1 Å². The average Bonchev–Trinajstić information content (AvgIpc) is 3.01. The van der Waals surface area contributed by atoms with Gasteiger partial charge in [0, 0.05) is 30.3 Å². The fraction of sp³-hybridized carbons (Fsp3) is 0.211. The van der Waals surface area contributed by atoms with Gasteiger partial charge in [0.15, 0.2) is 5.78 Å². The van der Waals surface area contributed by atoms with Crippen molar-refractivity contribution in [2.75, 3.05) is 0 Å². The third kappa shape index (κ3) is 4.33. The minimum Gasteiger partial charge on any atom is -0.439 e. The molecule has 0 saturated heterocycles. The first-order valence-electron chi connectivity index (χ1n) is 8.06. The van der Waals surface area contributed by atoms with E-state index >= 15 is 0 Å². The second-order valence-corrected chi connectivity index (χ2v) is 6.14. The van der Waals surface area contributed by atoms with E-state index in [9.17, 15) is 18.0 Å². The van der Waals surface area contributed by atoms with Crippen molar-refractivity contribution in [2.24, 2.45) is 0 Å². The Kier molecular flexibility index (Phi) is 4.98. The predicted octanol–water partition coefficient (Wildman–Crippen LogP) is 4.51. The van der Waals surface area contributed by atoms with Gasteiger partial charge in [-0.05, 0) is 19.1 Å². The second-order valence-electron chi connectivity index (χ2n) is 6.14.